The Morgan fingerprint density at radius 3 is 2.57 bits per heavy atom. The van der Waals surface area contributed by atoms with E-state index in [0.717, 1.165) is 12.8 Å². The van der Waals surface area contributed by atoms with Crippen molar-refractivity contribution in [3.05, 3.63) is 28.2 Å². The summed E-state index contributed by atoms with van der Waals surface area (Å²) >= 11 is 12.0. The van der Waals surface area contributed by atoms with E-state index >= 15 is 0 Å². The lowest BCUT2D eigenvalue weighted by Crippen LogP contribution is -2.33. The third-order valence-corrected chi connectivity index (χ3v) is 7.22. The fourth-order valence-electron chi connectivity index (χ4n) is 3.29. The molecule has 3 rings (SSSR count). The highest BCUT2D eigenvalue weighted by Gasteiger charge is 2.45. The van der Waals surface area contributed by atoms with E-state index in [4.69, 9.17) is 28.9 Å². The van der Waals surface area contributed by atoms with Gasteiger partial charge in [-0.05, 0) is 36.8 Å². The molecule has 118 valence electrons. The third-order valence-electron chi connectivity index (χ3n) is 4.41. The summed E-state index contributed by atoms with van der Waals surface area (Å²) in [4.78, 5) is 0.0835. The highest BCUT2D eigenvalue weighted by Crippen LogP contribution is 2.40. The average Bonchev–Trinajstić information content (AvgIpc) is 2.96. The first-order valence-corrected chi connectivity index (χ1v) is 8.80. The number of hydrogen-bond acceptors (Lipinski definition) is 3. The predicted octanol–water partition coefficient (Wildman–Crippen LogP) is 2.77. The summed E-state index contributed by atoms with van der Waals surface area (Å²) in [5.41, 5.74) is 6.05. The number of benzene rings is 1. The van der Waals surface area contributed by atoms with Crippen LogP contribution in [0.15, 0.2) is 23.1 Å². The summed E-state index contributed by atoms with van der Waals surface area (Å²) in [6.45, 7) is 1.01. The highest BCUT2D eigenvalue weighted by atomic mass is 35.5. The molecular formula is C13H17Cl3N2O2S. The molecule has 0 aromatic heterocycles. The number of nitrogens with zero attached hydrogens (tertiary/aromatic N) is 1. The summed E-state index contributed by atoms with van der Waals surface area (Å²) < 4.78 is 26.9. The minimum absolute atomic E-state index is 0. The molecule has 0 bridgehead atoms. The Bertz CT molecular complexity index is 638. The third kappa shape index (κ3) is 2.92. The summed E-state index contributed by atoms with van der Waals surface area (Å²) in [6.07, 6.45) is 1.99. The van der Waals surface area contributed by atoms with Crippen molar-refractivity contribution < 1.29 is 8.42 Å². The predicted molar refractivity (Wildman–Crippen MR) is 86.7 cm³/mol. The zero-order valence-electron chi connectivity index (χ0n) is 11.2. The van der Waals surface area contributed by atoms with E-state index in [1.165, 1.54) is 10.4 Å². The van der Waals surface area contributed by atoms with Gasteiger partial charge in [-0.1, -0.05) is 29.3 Å². The first-order chi connectivity index (χ1) is 9.41. The number of hydrogen-bond donors (Lipinski definition) is 1. The van der Waals surface area contributed by atoms with E-state index < -0.39 is 10.0 Å². The van der Waals surface area contributed by atoms with Gasteiger partial charge in [0.15, 0.2) is 0 Å². The Kier molecular flexibility index (Phi) is 5.13. The Morgan fingerprint density at radius 1 is 1.19 bits per heavy atom. The molecule has 8 heteroatoms. The molecule has 0 amide bonds. The molecule has 2 aliphatic rings. The Morgan fingerprint density at radius 2 is 1.90 bits per heavy atom. The van der Waals surface area contributed by atoms with Gasteiger partial charge < -0.3 is 5.73 Å². The lowest BCUT2D eigenvalue weighted by atomic mass is 9.98. The first kappa shape index (κ1) is 17.3. The number of rotatable bonds is 2. The van der Waals surface area contributed by atoms with E-state index in [2.05, 4.69) is 0 Å². The molecule has 1 aromatic rings. The van der Waals surface area contributed by atoms with Gasteiger partial charge in [-0.2, -0.15) is 4.31 Å². The first-order valence-electron chi connectivity index (χ1n) is 6.61. The summed E-state index contributed by atoms with van der Waals surface area (Å²) in [5.74, 6) is 0.639. The fraction of sp³-hybridized carbons (Fsp3) is 0.538. The minimum atomic E-state index is -3.60. The van der Waals surface area contributed by atoms with Crippen LogP contribution in [0, 0.1) is 11.8 Å². The fourth-order valence-corrected chi connectivity index (χ4v) is 5.56. The maximum Gasteiger partial charge on any atom is 0.244 e. The highest BCUT2D eigenvalue weighted by molar-refractivity contribution is 7.89. The van der Waals surface area contributed by atoms with Crippen molar-refractivity contribution in [2.24, 2.45) is 17.6 Å². The normalized spacial score (nSPS) is 29.2. The van der Waals surface area contributed by atoms with Crippen LogP contribution in [0.2, 0.25) is 10.0 Å². The molecule has 1 aromatic carbocycles. The second-order valence-corrected chi connectivity index (χ2v) is 8.23. The monoisotopic (exact) mass is 370 g/mol. The van der Waals surface area contributed by atoms with E-state index in [9.17, 15) is 8.42 Å². The lowest BCUT2D eigenvalue weighted by molar-refractivity contribution is 0.427. The standard InChI is InChI=1S/C13H16Cl2N2O2S.ClH/c14-10-2-1-3-12(13(10)15)20(18,19)17-6-8-4-5-11(16)9(8)7-17;/h1-3,8-9,11H,4-7,16H2;1H. The van der Waals surface area contributed by atoms with Crippen molar-refractivity contribution in [1.29, 1.82) is 0 Å². The average molecular weight is 372 g/mol. The van der Waals surface area contributed by atoms with Gasteiger partial charge >= 0.3 is 0 Å². The van der Waals surface area contributed by atoms with Crippen LogP contribution in [0.3, 0.4) is 0 Å². The quantitative estimate of drug-likeness (QED) is 0.869. The number of fused-ring (bicyclic) bond motifs is 1. The van der Waals surface area contributed by atoms with Crippen LogP contribution in [-0.2, 0) is 10.0 Å². The molecule has 1 heterocycles. The second kappa shape index (κ2) is 6.22. The van der Waals surface area contributed by atoms with Crippen molar-refractivity contribution in [3.8, 4) is 0 Å². The van der Waals surface area contributed by atoms with Crippen LogP contribution in [-0.4, -0.2) is 31.9 Å². The van der Waals surface area contributed by atoms with E-state index in [1.54, 1.807) is 12.1 Å². The lowest BCUT2D eigenvalue weighted by Gasteiger charge is -2.19. The molecule has 1 aliphatic heterocycles. The van der Waals surface area contributed by atoms with Gasteiger partial charge in [0.1, 0.15) is 4.90 Å². The van der Waals surface area contributed by atoms with Crippen LogP contribution in [0.25, 0.3) is 0 Å². The molecule has 21 heavy (non-hydrogen) atoms. The SMILES string of the molecule is Cl.NC1CCC2CN(S(=O)(=O)c3cccc(Cl)c3Cl)CC12. The Labute approximate surface area is 141 Å². The number of halogens is 3. The van der Waals surface area contributed by atoms with Crippen LogP contribution in [0.1, 0.15) is 12.8 Å². The Hall–Kier alpha value is -0.0400. The van der Waals surface area contributed by atoms with Crippen molar-refractivity contribution in [2.45, 2.75) is 23.8 Å². The molecule has 0 spiro atoms. The maximum atomic E-state index is 12.7. The van der Waals surface area contributed by atoms with Gasteiger partial charge in [-0.15, -0.1) is 12.4 Å². The molecule has 3 atom stereocenters. The van der Waals surface area contributed by atoms with Gasteiger partial charge in [0.25, 0.3) is 0 Å². The van der Waals surface area contributed by atoms with Crippen LogP contribution >= 0.6 is 35.6 Å². The maximum absolute atomic E-state index is 12.7. The van der Waals surface area contributed by atoms with E-state index in [0.29, 0.717) is 19.0 Å². The number of sulfonamides is 1. The summed E-state index contributed by atoms with van der Waals surface area (Å²) in [6, 6.07) is 4.79. The van der Waals surface area contributed by atoms with Gasteiger partial charge in [0.05, 0.1) is 10.0 Å². The second-order valence-electron chi connectivity index (χ2n) is 5.54. The van der Waals surface area contributed by atoms with Gasteiger partial charge in [0.2, 0.25) is 10.0 Å². The van der Waals surface area contributed by atoms with Crippen LogP contribution in [0.4, 0.5) is 0 Å². The van der Waals surface area contributed by atoms with E-state index in [-0.39, 0.29) is 39.3 Å². The van der Waals surface area contributed by atoms with Gasteiger partial charge in [-0.3, -0.25) is 0 Å². The molecular weight excluding hydrogens is 355 g/mol. The van der Waals surface area contributed by atoms with Crippen LogP contribution in [0.5, 0.6) is 0 Å². The molecule has 1 saturated heterocycles. The van der Waals surface area contributed by atoms with Crippen LogP contribution < -0.4 is 5.73 Å². The Balaban J connectivity index is 0.00000161. The molecule has 4 nitrogen and oxygen atoms in total. The molecule has 0 radical (unpaired) electrons. The van der Waals surface area contributed by atoms with Gasteiger partial charge in [0, 0.05) is 19.1 Å². The molecule has 2 fully saturated rings. The number of nitrogens with two attached hydrogens (primary N) is 1. The molecule has 1 aliphatic carbocycles. The van der Waals surface area contributed by atoms with Crippen molar-refractivity contribution >= 4 is 45.6 Å². The topological polar surface area (TPSA) is 63.4 Å². The van der Waals surface area contributed by atoms with Crippen molar-refractivity contribution in [3.63, 3.8) is 0 Å². The molecule has 3 unspecified atom stereocenters. The minimum Gasteiger partial charge on any atom is -0.327 e. The van der Waals surface area contributed by atoms with Gasteiger partial charge in [-0.25, -0.2) is 8.42 Å². The van der Waals surface area contributed by atoms with Crippen molar-refractivity contribution in [1.82, 2.24) is 4.31 Å². The molecule has 1 saturated carbocycles. The van der Waals surface area contributed by atoms with E-state index in [1.807, 2.05) is 0 Å². The van der Waals surface area contributed by atoms with Crippen molar-refractivity contribution in [2.75, 3.05) is 13.1 Å². The zero-order valence-corrected chi connectivity index (χ0v) is 14.4. The summed E-state index contributed by atoms with van der Waals surface area (Å²) in [7, 11) is -3.60. The zero-order chi connectivity index (χ0) is 14.5. The smallest absolute Gasteiger partial charge is 0.244 e. The largest absolute Gasteiger partial charge is 0.327 e. The summed E-state index contributed by atoms with van der Waals surface area (Å²) in [5, 5.41) is 0.347. The molecule has 2 N–H and O–H groups in total.